The Hall–Kier alpha value is -3.88. The van der Waals surface area contributed by atoms with Gasteiger partial charge in [-0.2, -0.15) is 4.31 Å². The summed E-state index contributed by atoms with van der Waals surface area (Å²) in [7, 11) is -3.41. The minimum atomic E-state index is -3.41. The van der Waals surface area contributed by atoms with Crippen LogP contribution >= 0.6 is 26.7 Å². The van der Waals surface area contributed by atoms with Gasteiger partial charge in [0.25, 0.3) is 0 Å². The van der Waals surface area contributed by atoms with Gasteiger partial charge in [0.05, 0.1) is 35.6 Å². The standard InChI is InChI=1S/C36H42BrN7O4S/c1-7-28-20-43(49(46,47)32-16-26(37)11-14-31(32)48-28)19-25-15-24(10-9-22(25)3)33(36(5,6)35(45)40-27-17-38-21-39-18-27)29-12-13-30-34(23(29)4)41-42-44(30)8-2/h9-18,21,28,33,46-47H,7-8,19-20H2,1-6H3,(H,40,45). The Morgan fingerprint density at radius 3 is 2.57 bits per heavy atom. The number of rotatable bonds is 9. The molecule has 6 rings (SSSR count). The van der Waals surface area contributed by atoms with Gasteiger partial charge in [0.1, 0.15) is 28.6 Å². The number of anilines is 1. The summed E-state index contributed by atoms with van der Waals surface area (Å²) in [5, 5.41) is 11.9. The van der Waals surface area contributed by atoms with Crippen molar-refractivity contribution in [3.63, 3.8) is 0 Å². The summed E-state index contributed by atoms with van der Waals surface area (Å²) in [5.74, 6) is -0.135. The molecule has 0 radical (unpaired) electrons. The molecule has 3 aromatic carbocycles. The molecular formula is C36H42BrN7O4S. The molecule has 0 saturated carbocycles. The van der Waals surface area contributed by atoms with E-state index in [0.717, 1.165) is 43.3 Å². The second-order valence-corrected chi connectivity index (χ2v) is 16.0. The minimum absolute atomic E-state index is 0.196. The predicted octanol–water partition coefficient (Wildman–Crippen LogP) is 8.12. The molecule has 5 aromatic rings. The number of carbonyl (C=O) groups is 1. The second-order valence-electron chi connectivity index (χ2n) is 13.1. The number of ether oxygens (including phenoxy) is 1. The molecule has 11 nitrogen and oxygen atoms in total. The van der Waals surface area contributed by atoms with Gasteiger partial charge >= 0.3 is 0 Å². The van der Waals surface area contributed by atoms with Gasteiger partial charge in [-0.15, -0.1) is 15.9 Å². The van der Waals surface area contributed by atoms with Crippen LogP contribution in [0.1, 0.15) is 67.9 Å². The molecule has 0 fully saturated rings. The van der Waals surface area contributed by atoms with Crippen molar-refractivity contribution in [2.45, 2.75) is 78.0 Å². The monoisotopic (exact) mass is 747 g/mol. The van der Waals surface area contributed by atoms with E-state index in [2.05, 4.69) is 59.7 Å². The van der Waals surface area contributed by atoms with Gasteiger partial charge in [-0.1, -0.05) is 66.2 Å². The zero-order valence-electron chi connectivity index (χ0n) is 28.5. The van der Waals surface area contributed by atoms with Gasteiger partial charge in [0.2, 0.25) is 5.91 Å². The Labute approximate surface area is 296 Å². The topological polar surface area (TPSA) is 139 Å². The van der Waals surface area contributed by atoms with Crippen LogP contribution in [0.5, 0.6) is 5.75 Å². The maximum atomic E-state index is 14.2. The number of amides is 1. The smallest absolute Gasteiger partial charge is 0.231 e. The Morgan fingerprint density at radius 1 is 1.10 bits per heavy atom. The van der Waals surface area contributed by atoms with Gasteiger partial charge in [0.15, 0.2) is 0 Å². The van der Waals surface area contributed by atoms with Crippen molar-refractivity contribution in [1.82, 2.24) is 29.3 Å². The summed E-state index contributed by atoms with van der Waals surface area (Å²) in [5.41, 5.74) is 5.97. The third kappa shape index (κ3) is 6.70. The second kappa shape index (κ2) is 13.8. The number of benzene rings is 3. The number of carbonyl (C=O) groups excluding carboxylic acids is 1. The van der Waals surface area contributed by atoms with Crippen LogP contribution in [0.4, 0.5) is 5.69 Å². The Balaban J connectivity index is 1.45. The number of nitrogens with zero attached hydrogens (tertiary/aromatic N) is 6. The molecule has 3 N–H and O–H groups in total. The highest BCUT2D eigenvalue weighted by molar-refractivity contribution is 9.10. The summed E-state index contributed by atoms with van der Waals surface area (Å²) < 4.78 is 34.2. The summed E-state index contributed by atoms with van der Waals surface area (Å²) >= 11 is 3.49. The van der Waals surface area contributed by atoms with Crippen LogP contribution in [0, 0.1) is 19.3 Å². The van der Waals surface area contributed by atoms with E-state index in [0.29, 0.717) is 35.8 Å². The Bertz CT molecular complexity index is 2000. The van der Waals surface area contributed by atoms with Crippen molar-refractivity contribution >= 4 is 49.3 Å². The quantitative estimate of drug-likeness (QED) is 0.136. The highest BCUT2D eigenvalue weighted by Gasteiger charge is 2.41. The first kappa shape index (κ1) is 35.0. The van der Waals surface area contributed by atoms with E-state index in [1.54, 1.807) is 28.8 Å². The number of aromatic nitrogens is 5. The molecule has 3 heterocycles. The number of halogens is 1. The first-order valence-corrected chi connectivity index (χ1v) is 18.6. The number of hydrogen-bond donors (Lipinski definition) is 3. The number of fused-ring (bicyclic) bond motifs is 2. The lowest BCUT2D eigenvalue weighted by atomic mass is 9.69. The SMILES string of the molecule is CCC1CN(Cc2cc(C(c3ccc4c(nnn4CC)c3C)C(C)(C)C(=O)Nc3cncnc3)ccc2C)S(O)(O)c2cc(Br)ccc2O1. The molecule has 0 spiro atoms. The van der Waals surface area contributed by atoms with Crippen LogP contribution in [0.2, 0.25) is 0 Å². The summed E-state index contributed by atoms with van der Waals surface area (Å²) in [6.45, 7) is 13.3. The number of hydrogen-bond acceptors (Lipinski definition) is 9. The Morgan fingerprint density at radius 2 is 1.86 bits per heavy atom. The predicted molar refractivity (Wildman–Crippen MR) is 196 cm³/mol. The molecular weight excluding hydrogens is 706 g/mol. The van der Waals surface area contributed by atoms with Crippen molar-refractivity contribution < 1.29 is 18.6 Å². The Kier molecular flexibility index (Phi) is 9.84. The molecule has 0 saturated heterocycles. The van der Waals surface area contributed by atoms with Crippen LogP contribution in [0.15, 0.2) is 76.6 Å². The number of nitrogens with one attached hydrogen (secondary N) is 1. The van der Waals surface area contributed by atoms with E-state index >= 15 is 0 Å². The van der Waals surface area contributed by atoms with E-state index in [1.165, 1.54) is 6.33 Å². The van der Waals surface area contributed by atoms with Gasteiger partial charge in [0, 0.05) is 23.5 Å². The highest BCUT2D eigenvalue weighted by Crippen LogP contribution is 2.58. The van der Waals surface area contributed by atoms with Crippen molar-refractivity contribution in [3.8, 4) is 5.75 Å². The fraction of sp³-hybridized carbons (Fsp3) is 0.361. The fourth-order valence-electron chi connectivity index (χ4n) is 6.58. The van der Waals surface area contributed by atoms with E-state index in [-0.39, 0.29) is 18.6 Å². The minimum Gasteiger partial charge on any atom is -0.487 e. The highest BCUT2D eigenvalue weighted by atomic mass is 79.9. The van der Waals surface area contributed by atoms with Crippen molar-refractivity contribution in [1.29, 1.82) is 0 Å². The average molecular weight is 749 g/mol. The molecule has 2 atom stereocenters. The third-order valence-corrected chi connectivity index (χ3v) is 11.9. The zero-order valence-corrected chi connectivity index (χ0v) is 30.9. The summed E-state index contributed by atoms with van der Waals surface area (Å²) in [6, 6.07) is 15.6. The molecule has 2 aromatic heterocycles. The van der Waals surface area contributed by atoms with Crippen LogP contribution in [0.3, 0.4) is 0 Å². The molecule has 2 unspecified atom stereocenters. The molecule has 0 aliphatic carbocycles. The zero-order chi connectivity index (χ0) is 35.1. The lowest BCUT2D eigenvalue weighted by molar-refractivity contribution is -0.124. The van der Waals surface area contributed by atoms with Crippen LogP contribution < -0.4 is 10.1 Å². The maximum absolute atomic E-state index is 14.2. The third-order valence-electron chi connectivity index (χ3n) is 9.49. The lowest BCUT2D eigenvalue weighted by Crippen LogP contribution is -2.37. The summed E-state index contributed by atoms with van der Waals surface area (Å²) in [6.07, 6.45) is 5.03. The van der Waals surface area contributed by atoms with Crippen molar-refractivity contribution in [2.24, 2.45) is 5.41 Å². The molecule has 258 valence electrons. The van der Waals surface area contributed by atoms with Crippen LogP contribution in [0.25, 0.3) is 11.0 Å². The van der Waals surface area contributed by atoms with Gasteiger partial charge in [-0.3, -0.25) is 13.9 Å². The molecule has 0 bridgehead atoms. The number of aryl methyl sites for hydroxylation is 3. The van der Waals surface area contributed by atoms with E-state index < -0.39 is 22.1 Å². The summed E-state index contributed by atoms with van der Waals surface area (Å²) in [4.78, 5) is 22.7. The lowest BCUT2D eigenvalue weighted by Gasteiger charge is -2.42. The van der Waals surface area contributed by atoms with Gasteiger partial charge in [-0.05, 0) is 79.3 Å². The molecule has 49 heavy (non-hydrogen) atoms. The van der Waals surface area contributed by atoms with E-state index in [1.807, 2.05) is 64.4 Å². The van der Waals surface area contributed by atoms with Gasteiger partial charge < -0.3 is 10.1 Å². The fourth-order valence-corrected chi connectivity index (χ4v) is 8.73. The molecule has 1 aliphatic rings. The van der Waals surface area contributed by atoms with E-state index in [9.17, 15) is 13.9 Å². The average Bonchev–Trinajstić information content (AvgIpc) is 3.47. The normalized spacial score (nSPS) is 17.5. The van der Waals surface area contributed by atoms with Crippen molar-refractivity contribution in [2.75, 3.05) is 11.9 Å². The van der Waals surface area contributed by atoms with Gasteiger partial charge in [-0.25, -0.2) is 14.6 Å². The van der Waals surface area contributed by atoms with Crippen LogP contribution in [-0.2, 0) is 17.9 Å². The first-order chi connectivity index (χ1) is 23.3. The maximum Gasteiger partial charge on any atom is 0.231 e. The first-order valence-electron chi connectivity index (χ1n) is 16.3. The van der Waals surface area contributed by atoms with Crippen molar-refractivity contribution in [3.05, 3.63) is 99.5 Å². The molecule has 1 aliphatic heterocycles. The molecule has 1 amide bonds. The van der Waals surface area contributed by atoms with E-state index in [4.69, 9.17) is 4.74 Å². The molecule has 13 heteroatoms. The largest absolute Gasteiger partial charge is 0.487 e. The van der Waals surface area contributed by atoms with Crippen LogP contribution in [-0.4, -0.2) is 56.9 Å².